The summed E-state index contributed by atoms with van der Waals surface area (Å²) in [5.41, 5.74) is 1.03. The van der Waals surface area contributed by atoms with Crippen molar-refractivity contribution in [1.29, 1.82) is 0 Å². The van der Waals surface area contributed by atoms with Gasteiger partial charge in [0.1, 0.15) is 0 Å². The van der Waals surface area contributed by atoms with Crippen LogP contribution in [0.25, 0.3) is 0 Å². The molecular formula is C15H23NO3. The SMILES string of the molecule is C=C(C)CC(C)C(=O)N1CCC2(CC1)CC2C(=O)O. The Morgan fingerprint density at radius 1 is 1.42 bits per heavy atom. The Morgan fingerprint density at radius 3 is 2.42 bits per heavy atom. The Bertz CT molecular complexity index is 408. The second kappa shape index (κ2) is 4.99. The summed E-state index contributed by atoms with van der Waals surface area (Å²) in [4.78, 5) is 25.1. The van der Waals surface area contributed by atoms with Crippen LogP contribution in [0.2, 0.25) is 0 Å². The molecule has 1 spiro atoms. The number of carboxylic acids is 1. The summed E-state index contributed by atoms with van der Waals surface area (Å²) in [6.07, 6.45) is 3.22. The van der Waals surface area contributed by atoms with E-state index in [1.54, 1.807) is 0 Å². The van der Waals surface area contributed by atoms with Crippen molar-refractivity contribution in [3.63, 3.8) is 0 Å². The number of carbonyl (C=O) groups excluding carboxylic acids is 1. The zero-order valence-corrected chi connectivity index (χ0v) is 11.8. The molecular weight excluding hydrogens is 242 g/mol. The van der Waals surface area contributed by atoms with Gasteiger partial charge in [0.05, 0.1) is 5.92 Å². The Balaban J connectivity index is 1.85. The maximum atomic E-state index is 12.2. The van der Waals surface area contributed by atoms with E-state index in [2.05, 4.69) is 6.58 Å². The number of carbonyl (C=O) groups is 2. The smallest absolute Gasteiger partial charge is 0.307 e. The maximum absolute atomic E-state index is 12.2. The minimum Gasteiger partial charge on any atom is -0.481 e. The fraction of sp³-hybridized carbons (Fsp3) is 0.733. The predicted octanol–water partition coefficient (Wildman–Crippen LogP) is 2.30. The van der Waals surface area contributed by atoms with Crippen LogP contribution in [-0.4, -0.2) is 35.0 Å². The fourth-order valence-corrected chi connectivity index (χ4v) is 3.34. The third kappa shape index (κ3) is 2.82. The molecule has 0 aromatic heterocycles. The molecule has 1 N–H and O–H groups in total. The van der Waals surface area contributed by atoms with Crippen LogP contribution in [0.4, 0.5) is 0 Å². The molecule has 2 aliphatic rings. The first-order valence-electron chi connectivity index (χ1n) is 7.02. The average Bonchev–Trinajstić information content (AvgIpc) is 3.03. The van der Waals surface area contributed by atoms with E-state index in [9.17, 15) is 9.59 Å². The molecule has 0 bridgehead atoms. The molecule has 1 saturated carbocycles. The second-order valence-electron chi connectivity index (χ2n) is 6.34. The van der Waals surface area contributed by atoms with Gasteiger partial charge in [-0.25, -0.2) is 0 Å². The molecule has 2 atom stereocenters. The quantitative estimate of drug-likeness (QED) is 0.793. The summed E-state index contributed by atoms with van der Waals surface area (Å²) in [6, 6.07) is 0. The molecule has 106 valence electrons. The van der Waals surface area contributed by atoms with Gasteiger partial charge < -0.3 is 10.0 Å². The third-order valence-corrected chi connectivity index (χ3v) is 4.63. The van der Waals surface area contributed by atoms with E-state index in [0.29, 0.717) is 13.1 Å². The summed E-state index contributed by atoms with van der Waals surface area (Å²) in [5, 5.41) is 9.04. The Morgan fingerprint density at radius 2 is 2.00 bits per heavy atom. The largest absolute Gasteiger partial charge is 0.481 e. The molecule has 4 heteroatoms. The molecule has 2 fully saturated rings. The van der Waals surface area contributed by atoms with Crippen molar-refractivity contribution < 1.29 is 14.7 Å². The van der Waals surface area contributed by atoms with E-state index in [0.717, 1.165) is 31.3 Å². The highest BCUT2D eigenvalue weighted by atomic mass is 16.4. The molecule has 1 heterocycles. The van der Waals surface area contributed by atoms with E-state index < -0.39 is 5.97 Å². The van der Waals surface area contributed by atoms with Crippen molar-refractivity contribution in [3.05, 3.63) is 12.2 Å². The van der Waals surface area contributed by atoms with Crippen LogP contribution in [0.15, 0.2) is 12.2 Å². The molecule has 4 nitrogen and oxygen atoms in total. The summed E-state index contributed by atoms with van der Waals surface area (Å²) < 4.78 is 0. The number of amides is 1. The monoisotopic (exact) mass is 265 g/mol. The number of carboxylic acid groups (broad SMARTS) is 1. The number of hydrogen-bond donors (Lipinski definition) is 1. The van der Waals surface area contributed by atoms with Gasteiger partial charge in [0.2, 0.25) is 5.91 Å². The molecule has 1 aliphatic heterocycles. The van der Waals surface area contributed by atoms with Gasteiger partial charge in [-0.1, -0.05) is 12.5 Å². The topological polar surface area (TPSA) is 57.6 Å². The lowest BCUT2D eigenvalue weighted by atomic mass is 9.90. The first-order chi connectivity index (χ1) is 8.85. The van der Waals surface area contributed by atoms with E-state index >= 15 is 0 Å². The summed E-state index contributed by atoms with van der Waals surface area (Å²) >= 11 is 0. The van der Waals surface area contributed by atoms with E-state index in [-0.39, 0.29) is 23.2 Å². The van der Waals surface area contributed by atoms with Crippen molar-refractivity contribution in [1.82, 2.24) is 4.90 Å². The predicted molar refractivity (Wildman–Crippen MR) is 72.6 cm³/mol. The molecule has 1 amide bonds. The molecule has 2 unspecified atom stereocenters. The standard InChI is InChI=1S/C15H23NO3/c1-10(2)8-11(3)13(17)16-6-4-15(5-7-16)9-12(15)14(18)19/h11-12H,1,4-9H2,2-3H3,(H,18,19). The third-order valence-electron chi connectivity index (χ3n) is 4.63. The van der Waals surface area contributed by atoms with Gasteiger partial charge in [-0.15, -0.1) is 6.58 Å². The molecule has 1 aliphatic carbocycles. The first kappa shape index (κ1) is 14.1. The minimum absolute atomic E-state index is 0.000203. The number of piperidine rings is 1. The van der Waals surface area contributed by atoms with Gasteiger partial charge in [0.15, 0.2) is 0 Å². The lowest BCUT2D eigenvalue weighted by Crippen LogP contribution is -2.42. The fourth-order valence-electron chi connectivity index (χ4n) is 3.34. The van der Waals surface area contributed by atoms with Gasteiger partial charge in [-0.2, -0.15) is 0 Å². The zero-order valence-electron chi connectivity index (χ0n) is 11.8. The van der Waals surface area contributed by atoms with Gasteiger partial charge in [-0.05, 0) is 38.0 Å². The van der Waals surface area contributed by atoms with Crippen molar-refractivity contribution in [2.75, 3.05) is 13.1 Å². The highest BCUT2D eigenvalue weighted by Crippen LogP contribution is 2.59. The molecule has 0 aromatic rings. The van der Waals surface area contributed by atoms with Crippen LogP contribution in [0.3, 0.4) is 0 Å². The van der Waals surface area contributed by atoms with Gasteiger partial charge in [0, 0.05) is 19.0 Å². The average molecular weight is 265 g/mol. The Hall–Kier alpha value is -1.32. The summed E-state index contributed by atoms with van der Waals surface area (Å²) in [6.45, 7) is 9.16. The van der Waals surface area contributed by atoms with Gasteiger partial charge in [0.25, 0.3) is 0 Å². The van der Waals surface area contributed by atoms with Crippen molar-refractivity contribution >= 4 is 11.9 Å². The van der Waals surface area contributed by atoms with Crippen molar-refractivity contribution in [2.45, 2.75) is 39.5 Å². The number of allylic oxidation sites excluding steroid dienone is 1. The zero-order chi connectivity index (χ0) is 14.2. The summed E-state index contributed by atoms with van der Waals surface area (Å²) in [5.74, 6) is -0.667. The lowest BCUT2D eigenvalue weighted by molar-refractivity contribution is -0.140. The van der Waals surface area contributed by atoms with Crippen LogP contribution in [-0.2, 0) is 9.59 Å². The van der Waals surface area contributed by atoms with Crippen LogP contribution in [0.5, 0.6) is 0 Å². The molecule has 0 radical (unpaired) electrons. The van der Waals surface area contributed by atoms with E-state index in [1.807, 2.05) is 18.7 Å². The maximum Gasteiger partial charge on any atom is 0.307 e. The number of aliphatic carboxylic acids is 1. The Labute approximate surface area is 114 Å². The molecule has 19 heavy (non-hydrogen) atoms. The highest BCUT2D eigenvalue weighted by molar-refractivity contribution is 5.79. The van der Waals surface area contributed by atoms with Crippen LogP contribution >= 0.6 is 0 Å². The molecule has 2 rings (SSSR count). The molecule has 0 aromatic carbocycles. The van der Waals surface area contributed by atoms with Gasteiger partial charge >= 0.3 is 5.97 Å². The first-order valence-corrected chi connectivity index (χ1v) is 7.02. The van der Waals surface area contributed by atoms with Crippen LogP contribution in [0, 0.1) is 17.3 Å². The van der Waals surface area contributed by atoms with Crippen LogP contribution in [0.1, 0.15) is 39.5 Å². The van der Waals surface area contributed by atoms with Crippen molar-refractivity contribution in [2.24, 2.45) is 17.3 Å². The number of likely N-dealkylation sites (tertiary alicyclic amines) is 1. The number of hydrogen-bond acceptors (Lipinski definition) is 2. The number of rotatable bonds is 4. The second-order valence-corrected chi connectivity index (χ2v) is 6.34. The summed E-state index contributed by atoms with van der Waals surface area (Å²) in [7, 11) is 0. The Kier molecular flexibility index (Phi) is 3.70. The normalized spacial score (nSPS) is 26.0. The van der Waals surface area contributed by atoms with Crippen molar-refractivity contribution in [3.8, 4) is 0 Å². The van der Waals surface area contributed by atoms with Gasteiger partial charge in [-0.3, -0.25) is 9.59 Å². The van der Waals surface area contributed by atoms with E-state index in [1.165, 1.54) is 0 Å². The minimum atomic E-state index is -0.671. The van der Waals surface area contributed by atoms with E-state index in [4.69, 9.17) is 5.11 Å². The van der Waals surface area contributed by atoms with Crippen LogP contribution < -0.4 is 0 Å². The number of nitrogens with zero attached hydrogens (tertiary/aromatic N) is 1. The molecule has 1 saturated heterocycles. The lowest BCUT2D eigenvalue weighted by Gasteiger charge is -2.34. The highest BCUT2D eigenvalue weighted by Gasteiger charge is 2.59.